The third-order valence-corrected chi connectivity index (χ3v) is 3.18. The Hall–Kier alpha value is -1.81. The van der Waals surface area contributed by atoms with E-state index in [0.29, 0.717) is 12.5 Å². The molecule has 17 heavy (non-hydrogen) atoms. The molecular formula is C13H15N3S. The van der Waals surface area contributed by atoms with E-state index in [1.54, 1.807) is 11.3 Å². The lowest BCUT2D eigenvalue weighted by Crippen LogP contribution is -2.30. The summed E-state index contributed by atoms with van der Waals surface area (Å²) >= 11 is 1.71. The van der Waals surface area contributed by atoms with E-state index in [2.05, 4.69) is 16.4 Å². The van der Waals surface area contributed by atoms with Crippen LogP contribution in [-0.4, -0.2) is 5.96 Å². The number of nitrogens with two attached hydrogens (primary N) is 1. The van der Waals surface area contributed by atoms with Crippen LogP contribution in [0, 0.1) is 0 Å². The minimum Gasteiger partial charge on any atom is -0.370 e. The van der Waals surface area contributed by atoms with Crippen LogP contribution < -0.4 is 11.1 Å². The van der Waals surface area contributed by atoms with Crippen LogP contribution in [0.25, 0.3) is 0 Å². The molecule has 0 fully saturated rings. The summed E-state index contributed by atoms with van der Waals surface area (Å²) in [7, 11) is 0. The molecular weight excluding hydrogens is 230 g/mol. The second kappa shape index (κ2) is 6.06. The molecule has 2 rings (SSSR count). The number of hydrogen-bond acceptors (Lipinski definition) is 2. The van der Waals surface area contributed by atoms with Gasteiger partial charge in [0.05, 0.1) is 13.1 Å². The zero-order valence-corrected chi connectivity index (χ0v) is 10.3. The number of rotatable bonds is 4. The Kier molecular flexibility index (Phi) is 4.16. The van der Waals surface area contributed by atoms with Crippen molar-refractivity contribution in [3.8, 4) is 0 Å². The van der Waals surface area contributed by atoms with Crippen molar-refractivity contribution in [2.24, 2.45) is 10.7 Å². The van der Waals surface area contributed by atoms with E-state index < -0.39 is 0 Å². The molecule has 1 aromatic heterocycles. The molecule has 1 heterocycles. The lowest BCUT2D eigenvalue weighted by Gasteiger charge is -2.03. The first-order valence-electron chi connectivity index (χ1n) is 5.45. The Bertz CT molecular complexity index is 463. The monoisotopic (exact) mass is 245 g/mol. The fourth-order valence-electron chi connectivity index (χ4n) is 1.41. The minimum absolute atomic E-state index is 0.488. The van der Waals surface area contributed by atoms with E-state index in [9.17, 15) is 0 Å². The zero-order valence-electron chi connectivity index (χ0n) is 9.47. The molecule has 4 heteroatoms. The number of nitrogens with one attached hydrogen (secondary N) is 1. The quantitative estimate of drug-likeness (QED) is 0.641. The molecule has 0 saturated heterocycles. The maximum atomic E-state index is 5.78. The summed E-state index contributed by atoms with van der Waals surface area (Å²) in [6.07, 6.45) is 0. The van der Waals surface area contributed by atoms with Crippen molar-refractivity contribution in [1.29, 1.82) is 0 Å². The van der Waals surface area contributed by atoms with Crippen molar-refractivity contribution >= 4 is 17.3 Å². The van der Waals surface area contributed by atoms with Gasteiger partial charge in [-0.1, -0.05) is 36.4 Å². The number of benzene rings is 1. The highest BCUT2D eigenvalue weighted by Gasteiger charge is 1.95. The molecule has 3 nitrogen and oxygen atoms in total. The Labute approximate surface area is 105 Å². The van der Waals surface area contributed by atoms with Crippen molar-refractivity contribution in [2.45, 2.75) is 13.1 Å². The normalized spacial score (nSPS) is 11.4. The lowest BCUT2D eigenvalue weighted by atomic mass is 10.2. The van der Waals surface area contributed by atoms with Crippen LogP contribution in [0.1, 0.15) is 10.4 Å². The molecule has 0 aliphatic heterocycles. The summed E-state index contributed by atoms with van der Waals surface area (Å²) in [6.45, 7) is 1.35. The van der Waals surface area contributed by atoms with Gasteiger partial charge in [-0.3, -0.25) is 0 Å². The largest absolute Gasteiger partial charge is 0.370 e. The number of nitrogens with zero attached hydrogens (tertiary/aromatic N) is 1. The van der Waals surface area contributed by atoms with Gasteiger partial charge in [-0.15, -0.1) is 11.3 Å². The number of aliphatic imine (C=N–C) groups is 1. The predicted molar refractivity (Wildman–Crippen MR) is 72.9 cm³/mol. The summed E-state index contributed by atoms with van der Waals surface area (Å²) in [4.78, 5) is 5.53. The van der Waals surface area contributed by atoms with Crippen molar-refractivity contribution in [3.05, 3.63) is 58.3 Å². The van der Waals surface area contributed by atoms with E-state index in [-0.39, 0.29) is 0 Å². The summed E-state index contributed by atoms with van der Waals surface area (Å²) in [5, 5.41) is 5.14. The predicted octanol–water partition coefficient (Wildman–Crippen LogP) is 2.35. The van der Waals surface area contributed by atoms with Gasteiger partial charge in [0.25, 0.3) is 0 Å². The fraction of sp³-hybridized carbons (Fsp3) is 0.154. The van der Waals surface area contributed by atoms with Gasteiger partial charge < -0.3 is 11.1 Å². The first kappa shape index (κ1) is 11.7. The van der Waals surface area contributed by atoms with E-state index >= 15 is 0 Å². The third-order valence-electron chi connectivity index (χ3n) is 2.30. The molecule has 88 valence electrons. The fourth-order valence-corrected chi connectivity index (χ4v) is 2.05. The van der Waals surface area contributed by atoms with Gasteiger partial charge in [0, 0.05) is 4.88 Å². The van der Waals surface area contributed by atoms with Crippen LogP contribution in [0.4, 0.5) is 0 Å². The average molecular weight is 245 g/mol. The summed E-state index contributed by atoms with van der Waals surface area (Å²) in [5.74, 6) is 0.488. The Morgan fingerprint density at radius 2 is 2.00 bits per heavy atom. The summed E-state index contributed by atoms with van der Waals surface area (Å²) in [6, 6.07) is 14.2. The van der Waals surface area contributed by atoms with Crippen LogP contribution in [0.2, 0.25) is 0 Å². The minimum atomic E-state index is 0.488. The van der Waals surface area contributed by atoms with Gasteiger partial charge >= 0.3 is 0 Å². The zero-order chi connectivity index (χ0) is 11.9. The second-order valence-corrected chi connectivity index (χ2v) is 4.65. The first-order chi connectivity index (χ1) is 8.34. The van der Waals surface area contributed by atoms with Crippen molar-refractivity contribution < 1.29 is 0 Å². The average Bonchev–Trinajstić information content (AvgIpc) is 2.88. The van der Waals surface area contributed by atoms with Gasteiger partial charge in [-0.2, -0.15) is 0 Å². The molecule has 0 atom stereocenters. The molecule has 1 aromatic carbocycles. The van der Waals surface area contributed by atoms with Crippen LogP contribution in [0.15, 0.2) is 52.8 Å². The molecule has 0 aliphatic rings. The first-order valence-corrected chi connectivity index (χ1v) is 6.32. The second-order valence-electron chi connectivity index (χ2n) is 3.62. The molecule has 0 unspecified atom stereocenters. The molecule has 0 saturated carbocycles. The van der Waals surface area contributed by atoms with Crippen LogP contribution in [-0.2, 0) is 13.1 Å². The van der Waals surface area contributed by atoms with E-state index in [4.69, 9.17) is 5.73 Å². The van der Waals surface area contributed by atoms with Crippen LogP contribution in [0.3, 0.4) is 0 Å². The topological polar surface area (TPSA) is 50.4 Å². The maximum absolute atomic E-state index is 5.78. The molecule has 0 amide bonds. The van der Waals surface area contributed by atoms with Gasteiger partial charge in [0.1, 0.15) is 0 Å². The Balaban J connectivity index is 1.81. The smallest absolute Gasteiger partial charge is 0.189 e. The van der Waals surface area contributed by atoms with Gasteiger partial charge in [0.2, 0.25) is 0 Å². The molecule has 0 bridgehead atoms. The maximum Gasteiger partial charge on any atom is 0.189 e. The van der Waals surface area contributed by atoms with Gasteiger partial charge in [-0.25, -0.2) is 4.99 Å². The highest BCUT2D eigenvalue weighted by molar-refractivity contribution is 7.09. The standard InChI is InChI=1S/C13H15N3S/c14-13(16-10-12-7-4-8-17-12)15-9-11-5-2-1-3-6-11/h1-8H,9-10H2,(H3,14,15,16). The Morgan fingerprint density at radius 1 is 1.18 bits per heavy atom. The van der Waals surface area contributed by atoms with E-state index in [1.165, 1.54) is 4.88 Å². The highest BCUT2D eigenvalue weighted by Crippen LogP contribution is 2.07. The third kappa shape index (κ3) is 3.92. The van der Waals surface area contributed by atoms with Crippen LogP contribution in [0.5, 0.6) is 0 Å². The van der Waals surface area contributed by atoms with E-state index in [1.807, 2.05) is 41.8 Å². The molecule has 2 aromatic rings. The van der Waals surface area contributed by atoms with Crippen molar-refractivity contribution in [1.82, 2.24) is 5.32 Å². The Morgan fingerprint density at radius 3 is 2.71 bits per heavy atom. The van der Waals surface area contributed by atoms with Gasteiger partial charge in [-0.05, 0) is 17.0 Å². The summed E-state index contributed by atoms with van der Waals surface area (Å²) in [5.41, 5.74) is 6.94. The molecule has 3 N–H and O–H groups in total. The lowest BCUT2D eigenvalue weighted by molar-refractivity contribution is 0.899. The molecule has 0 aliphatic carbocycles. The molecule has 0 spiro atoms. The molecule has 0 radical (unpaired) electrons. The highest BCUT2D eigenvalue weighted by atomic mass is 32.1. The number of thiophene rings is 1. The SMILES string of the molecule is NC(=NCc1ccccc1)NCc1cccs1. The number of guanidine groups is 1. The van der Waals surface area contributed by atoms with Gasteiger partial charge in [0.15, 0.2) is 5.96 Å². The van der Waals surface area contributed by atoms with E-state index in [0.717, 1.165) is 12.1 Å². The summed E-state index contributed by atoms with van der Waals surface area (Å²) < 4.78 is 0. The van der Waals surface area contributed by atoms with Crippen LogP contribution >= 0.6 is 11.3 Å². The van der Waals surface area contributed by atoms with Crippen molar-refractivity contribution in [2.75, 3.05) is 0 Å². The number of hydrogen-bond donors (Lipinski definition) is 2. The van der Waals surface area contributed by atoms with Crippen molar-refractivity contribution in [3.63, 3.8) is 0 Å².